The Morgan fingerprint density at radius 1 is 1.60 bits per heavy atom. The molecule has 1 aliphatic rings. The van der Waals surface area contributed by atoms with Crippen LogP contribution in [-0.2, 0) is 16.1 Å². The van der Waals surface area contributed by atoms with Gasteiger partial charge < -0.3 is 10.2 Å². The lowest BCUT2D eigenvalue weighted by atomic mass is 9.97. The van der Waals surface area contributed by atoms with Crippen molar-refractivity contribution in [2.24, 2.45) is 5.92 Å². The van der Waals surface area contributed by atoms with Gasteiger partial charge in [-0.3, -0.25) is 9.59 Å². The molecule has 0 aliphatic carbocycles. The topological polar surface area (TPSA) is 49.4 Å². The van der Waals surface area contributed by atoms with Gasteiger partial charge in [0.1, 0.15) is 0 Å². The Morgan fingerprint density at radius 2 is 2.40 bits per heavy atom. The van der Waals surface area contributed by atoms with E-state index in [0.29, 0.717) is 19.6 Å². The summed E-state index contributed by atoms with van der Waals surface area (Å²) in [5, 5.41) is 4.96. The molecule has 2 amide bonds. The number of thiophene rings is 1. The third kappa shape index (κ3) is 3.93. The van der Waals surface area contributed by atoms with Gasteiger partial charge >= 0.3 is 0 Å². The van der Waals surface area contributed by atoms with Crippen LogP contribution in [0.5, 0.6) is 0 Å². The maximum atomic E-state index is 12.2. The number of likely N-dealkylation sites (tertiary alicyclic amines) is 1. The van der Waals surface area contributed by atoms with Gasteiger partial charge in [0.2, 0.25) is 11.8 Å². The molecule has 6 heteroatoms. The molecule has 2 rings (SSSR count). The molecule has 0 radical (unpaired) electrons. The highest BCUT2D eigenvalue weighted by Gasteiger charge is 2.27. The highest BCUT2D eigenvalue weighted by Crippen LogP contribution is 2.21. The molecule has 0 saturated carbocycles. The van der Waals surface area contributed by atoms with Crippen molar-refractivity contribution >= 4 is 39.1 Å². The minimum absolute atomic E-state index is 0.0221. The van der Waals surface area contributed by atoms with Crippen molar-refractivity contribution in [1.29, 1.82) is 0 Å². The van der Waals surface area contributed by atoms with Crippen molar-refractivity contribution in [3.05, 3.63) is 33.5 Å². The molecule has 108 valence electrons. The second kappa shape index (κ2) is 7.04. The van der Waals surface area contributed by atoms with Crippen LogP contribution in [0.1, 0.15) is 18.4 Å². The molecular formula is C14H17BrN2O2S. The molecule has 0 bridgehead atoms. The number of piperidine rings is 1. The van der Waals surface area contributed by atoms with E-state index in [1.165, 1.54) is 6.08 Å². The lowest BCUT2D eigenvalue weighted by Gasteiger charge is -2.31. The predicted molar refractivity (Wildman–Crippen MR) is 83.4 cm³/mol. The maximum Gasteiger partial charge on any atom is 0.245 e. The largest absolute Gasteiger partial charge is 0.352 e. The lowest BCUT2D eigenvalue weighted by molar-refractivity contribution is -0.132. The third-order valence-corrected chi connectivity index (χ3v) is 4.92. The van der Waals surface area contributed by atoms with E-state index in [1.54, 1.807) is 16.2 Å². The van der Waals surface area contributed by atoms with Crippen LogP contribution in [0.4, 0.5) is 0 Å². The highest BCUT2D eigenvalue weighted by atomic mass is 79.9. The van der Waals surface area contributed by atoms with Gasteiger partial charge in [0, 0.05) is 19.6 Å². The van der Waals surface area contributed by atoms with Crippen molar-refractivity contribution in [3.63, 3.8) is 0 Å². The average molecular weight is 357 g/mol. The van der Waals surface area contributed by atoms with Crippen LogP contribution in [0.2, 0.25) is 0 Å². The zero-order valence-corrected chi connectivity index (χ0v) is 13.5. The number of carbonyl (C=O) groups excluding carboxylic acids is 2. The number of nitrogens with one attached hydrogen (secondary N) is 1. The van der Waals surface area contributed by atoms with Crippen LogP contribution in [0, 0.1) is 5.92 Å². The number of rotatable bonds is 4. The first-order valence-electron chi connectivity index (χ1n) is 6.52. The first kappa shape index (κ1) is 15.3. The average Bonchev–Trinajstić information content (AvgIpc) is 2.89. The van der Waals surface area contributed by atoms with Crippen LogP contribution in [0.3, 0.4) is 0 Å². The van der Waals surface area contributed by atoms with E-state index in [9.17, 15) is 9.59 Å². The Balaban J connectivity index is 1.85. The quantitative estimate of drug-likeness (QED) is 0.842. The summed E-state index contributed by atoms with van der Waals surface area (Å²) in [5.74, 6) is -0.187. The number of carbonyl (C=O) groups is 2. The molecule has 1 aromatic rings. The number of amides is 2. The zero-order valence-electron chi connectivity index (χ0n) is 11.1. The van der Waals surface area contributed by atoms with Gasteiger partial charge in [0.15, 0.2) is 0 Å². The van der Waals surface area contributed by atoms with Crippen molar-refractivity contribution in [2.45, 2.75) is 19.4 Å². The van der Waals surface area contributed by atoms with Crippen molar-refractivity contribution in [2.75, 3.05) is 13.1 Å². The van der Waals surface area contributed by atoms with Gasteiger partial charge in [-0.2, -0.15) is 0 Å². The fourth-order valence-electron chi connectivity index (χ4n) is 2.29. The van der Waals surface area contributed by atoms with Gasteiger partial charge in [-0.25, -0.2) is 0 Å². The summed E-state index contributed by atoms with van der Waals surface area (Å²) >= 11 is 5.00. The highest BCUT2D eigenvalue weighted by molar-refractivity contribution is 9.11. The number of halogens is 1. The zero-order chi connectivity index (χ0) is 14.5. The summed E-state index contributed by atoms with van der Waals surface area (Å²) in [6, 6.07) is 2.00. The fourth-order valence-corrected chi connectivity index (χ4v) is 3.50. The smallest absolute Gasteiger partial charge is 0.245 e. The van der Waals surface area contributed by atoms with E-state index in [1.807, 2.05) is 11.4 Å². The summed E-state index contributed by atoms with van der Waals surface area (Å²) in [6.07, 6.45) is 3.00. The number of hydrogen-bond acceptors (Lipinski definition) is 3. The Kier molecular flexibility index (Phi) is 5.37. The van der Waals surface area contributed by atoms with E-state index >= 15 is 0 Å². The summed E-state index contributed by atoms with van der Waals surface area (Å²) in [7, 11) is 0. The first-order valence-corrected chi connectivity index (χ1v) is 8.19. The van der Waals surface area contributed by atoms with Gasteiger partial charge in [0.25, 0.3) is 0 Å². The molecule has 1 saturated heterocycles. The van der Waals surface area contributed by atoms with Crippen LogP contribution in [0.15, 0.2) is 27.9 Å². The second-order valence-electron chi connectivity index (χ2n) is 4.80. The normalized spacial score (nSPS) is 18.6. The van der Waals surface area contributed by atoms with E-state index in [4.69, 9.17) is 0 Å². The van der Waals surface area contributed by atoms with Gasteiger partial charge in [-0.1, -0.05) is 6.58 Å². The SMILES string of the molecule is C=CC(=O)N1CCCC(C(=O)NCc2csc(Br)c2)C1. The van der Waals surface area contributed by atoms with E-state index in [0.717, 1.165) is 22.2 Å². The number of hydrogen-bond donors (Lipinski definition) is 1. The van der Waals surface area contributed by atoms with Gasteiger partial charge in [-0.15, -0.1) is 11.3 Å². The third-order valence-electron chi connectivity index (χ3n) is 3.37. The van der Waals surface area contributed by atoms with Crippen LogP contribution in [0.25, 0.3) is 0 Å². The summed E-state index contributed by atoms with van der Waals surface area (Å²) in [6.45, 7) is 5.23. The van der Waals surface area contributed by atoms with Crippen molar-refractivity contribution < 1.29 is 9.59 Å². The number of nitrogens with zero attached hydrogens (tertiary/aromatic N) is 1. The summed E-state index contributed by atoms with van der Waals surface area (Å²) < 4.78 is 1.06. The van der Waals surface area contributed by atoms with Crippen LogP contribution in [-0.4, -0.2) is 29.8 Å². The molecule has 1 unspecified atom stereocenters. The first-order chi connectivity index (χ1) is 9.60. The van der Waals surface area contributed by atoms with Crippen molar-refractivity contribution in [3.8, 4) is 0 Å². The molecule has 0 spiro atoms. The molecular weight excluding hydrogens is 340 g/mol. The molecule has 20 heavy (non-hydrogen) atoms. The minimum atomic E-state index is -0.116. The van der Waals surface area contributed by atoms with Crippen molar-refractivity contribution in [1.82, 2.24) is 10.2 Å². The monoisotopic (exact) mass is 356 g/mol. The molecule has 1 aromatic heterocycles. The minimum Gasteiger partial charge on any atom is -0.352 e. The lowest BCUT2D eigenvalue weighted by Crippen LogP contribution is -2.44. The van der Waals surface area contributed by atoms with E-state index in [-0.39, 0.29) is 17.7 Å². The second-order valence-corrected chi connectivity index (χ2v) is 7.09. The fraction of sp³-hybridized carbons (Fsp3) is 0.429. The molecule has 1 aliphatic heterocycles. The molecule has 4 nitrogen and oxygen atoms in total. The van der Waals surface area contributed by atoms with Crippen LogP contribution < -0.4 is 5.32 Å². The Bertz CT molecular complexity index is 515. The summed E-state index contributed by atoms with van der Waals surface area (Å²) in [5.41, 5.74) is 1.09. The summed E-state index contributed by atoms with van der Waals surface area (Å²) in [4.78, 5) is 25.4. The Morgan fingerprint density at radius 3 is 3.05 bits per heavy atom. The van der Waals surface area contributed by atoms with E-state index < -0.39 is 0 Å². The van der Waals surface area contributed by atoms with Gasteiger partial charge in [0.05, 0.1) is 9.70 Å². The van der Waals surface area contributed by atoms with Crippen LogP contribution >= 0.6 is 27.3 Å². The Labute approximate surface area is 131 Å². The standard InChI is InChI=1S/C14H17BrN2O2S/c1-2-13(18)17-5-3-4-11(8-17)14(19)16-7-10-6-12(15)20-9-10/h2,6,9,11H,1,3-5,7-8H2,(H,16,19). The molecule has 2 heterocycles. The molecule has 1 fully saturated rings. The Hall–Kier alpha value is -1.14. The maximum absolute atomic E-state index is 12.2. The molecule has 0 aromatic carbocycles. The molecule has 1 atom stereocenters. The molecule has 1 N–H and O–H groups in total. The predicted octanol–water partition coefficient (Wildman–Crippen LogP) is 2.55. The van der Waals surface area contributed by atoms with Gasteiger partial charge in [-0.05, 0) is 51.9 Å². The van der Waals surface area contributed by atoms with E-state index in [2.05, 4.69) is 27.8 Å².